The van der Waals surface area contributed by atoms with Crippen LogP contribution in [0.1, 0.15) is 49.8 Å². The molecule has 4 nitrogen and oxygen atoms in total. The maximum atomic E-state index is 12.6. The van der Waals surface area contributed by atoms with Crippen molar-refractivity contribution < 1.29 is 14.7 Å². The van der Waals surface area contributed by atoms with Gasteiger partial charge in [0.05, 0.1) is 0 Å². The van der Waals surface area contributed by atoms with E-state index in [-0.39, 0.29) is 11.9 Å². The SMILES string of the molecule is O=C(O)C1CC2CCCCC2N1C(=O)CCCc1cccs1. The predicted octanol–water partition coefficient (Wildman–Crippen LogP) is 3.32. The number of carboxylic acids is 1. The molecular formula is C17H23NO3S. The summed E-state index contributed by atoms with van der Waals surface area (Å²) in [5, 5.41) is 11.5. The Kier molecular flexibility index (Phi) is 4.81. The lowest BCUT2D eigenvalue weighted by atomic mass is 9.84. The zero-order chi connectivity index (χ0) is 15.5. The summed E-state index contributed by atoms with van der Waals surface area (Å²) in [6.45, 7) is 0. The van der Waals surface area contributed by atoms with E-state index in [1.807, 2.05) is 11.4 Å². The standard InChI is InChI=1S/C17H23NO3S/c19-16(9-3-6-13-7-4-10-22-13)18-14-8-2-1-5-12(14)11-15(18)17(20)21/h4,7,10,12,14-15H,1-3,5-6,8-9,11H2,(H,20,21). The quantitative estimate of drug-likeness (QED) is 0.905. The highest BCUT2D eigenvalue weighted by Crippen LogP contribution is 2.40. The Morgan fingerprint density at radius 2 is 2.14 bits per heavy atom. The third kappa shape index (κ3) is 3.19. The molecule has 1 aliphatic heterocycles. The average molecular weight is 321 g/mol. The summed E-state index contributed by atoms with van der Waals surface area (Å²) in [7, 11) is 0. The van der Waals surface area contributed by atoms with Crippen LogP contribution in [0.15, 0.2) is 17.5 Å². The van der Waals surface area contributed by atoms with Crippen molar-refractivity contribution in [3.63, 3.8) is 0 Å². The third-order valence-corrected chi connectivity index (χ3v) is 5.99. The summed E-state index contributed by atoms with van der Waals surface area (Å²) in [6.07, 6.45) is 7.17. The van der Waals surface area contributed by atoms with Crippen LogP contribution in [0.3, 0.4) is 0 Å². The second-order valence-corrected chi connectivity index (χ2v) is 7.47. The van der Waals surface area contributed by atoms with E-state index in [2.05, 4.69) is 6.07 Å². The number of aliphatic carboxylic acids is 1. The van der Waals surface area contributed by atoms with Gasteiger partial charge in [0.15, 0.2) is 0 Å². The lowest BCUT2D eigenvalue weighted by Crippen LogP contribution is -2.46. The van der Waals surface area contributed by atoms with Gasteiger partial charge in [0.1, 0.15) is 6.04 Å². The third-order valence-electron chi connectivity index (χ3n) is 5.06. The molecule has 0 spiro atoms. The van der Waals surface area contributed by atoms with E-state index < -0.39 is 12.0 Å². The van der Waals surface area contributed by atoms with Crippen molar-refractivity contribution in [1.82, 2.24) is 4.90 Å². The fraction of sp³-hybridized carbons (Fsp3) is 0.647. The topological polar surface area (TPSA) is 57.6 Å². The van der Waals surface area contributed by atoms with Gasteiger partial charge in [0.2, 0.25) is 5.91 Å². The molecule has 2 heterocycles. The number of fused-ring (bicyclic) bond motifs is 1. The monoisotopic (exact) mass is 321 g/mol. The first kappa shape index (κ1) is 15.5. The summed E-state index contributed by atoms with van der Waals surface area (Å²) in [5.41, 5.74) is 0. The lowest BCUT2D eigenvalue weighted by molar-refractivity contribution is -0.149. The summed E-state index contributed by atoms with van der Waals surface area (Å²) in [4.78, 5) is 27.2. The zero-order valence-electron chi connectivity index (χ0n) is 12.7. The molecule has 0 aromatic carbocycles. The molecule has 120 valence electrons. The number of carbonyl (C=O) groups excluding carboxylic acids is 1. The summed E-state index contributed by atoms with van der Waals surface area (Å²) in [5.74, 6) is -0.393. The average Bonchev–Trinajstić information content (AvgIpc) is 3.13. The summed E-state index contributed by atoms with van der Waals surface area (Å²) in [6, 6.07) is 3.68. The normalized spacial score (nSPS) is 27.6. The van der Waals surface area contributed by atoms with Crippen LogP contribution in [-0.4, -0.2) is 34.0 Å². The van der Waals surface area contributed by atoms with E-state index in [4.69, 9.17) is 0 Å². The Morgan fingerprint density at radius 1 is 1.32 bits per heavy atom. The number of thiophene rings is 1. The minimum Gasteiger partial charge on any atom is -0.480 e. The molecule has 1 N–H and O–H groups in total. The van der Waals surface area contributed by atoms with Gasteiger partial charge in [0.25, 0.3) is 0 Å². The molecule has 1 aliphatic carbocycles. The minimum absolute atomic E-state index is 0.0401. The number of aryl methyl sites for hydroxylation is 1. The minimum atomic E-state index is -0.832. The maximum Gasteiger partial charge on any atom is 0.326 e. The molecule has 2 aliphatic rings. The van der Waals surface area contributed by atoms with Crippen LogP contribution in [0.4, 0.5) is 0 Å². The van der Waals surface area contributed by atoms with Gasteiger partial charge in [-0.05, 0) is 49.5 Å². The Bertz CT molecular complexity index is 528. The molecule has 0 radical (unpaired) electrons. The Balaban J connectivity index is 1.61. The zero-order valence-corrected chi connectivity index (χ0v) is 13.6. The number of amides is 1. The molecule has 0 bridgehead atoms. The van der Waals surface area contributed by atoms with E-state index in [0.717, 1.165) is 32.1 Å². The first-order chi connectivity index (χ1) is 10.7. The molecule has 5 heteroatoms. The van der Waals surface area contributed by atoms with Gasteiger partial charge in [0, 0.05) is 17.3 Å². The predicted molar refractivity (Wildman–Crippen MR) is 85.9 cm³/mol. The molecule has 3 atom stereocenters. The van der Waals surface area contributed by atoms with E-state index in [1.54, 1.807) is 16.2 Å². The molecule has 1 amide bonds. The second kappa shape index (κ2) is 6.82. The Hall–Kier alpha value is -1.36. The molecule has 2 fully saturated rings. The van der Waals surface area contributed by atoms with Crippen molar-refractivity contribution in [2.24, 2.45) is 5.92 Å². The number of hydrogen-bond donors (Lipinski definition) is 1. The number of likely N-dealkylation sites (tertiary alicyclic amines) is 1. The van der Waals surface area contributed by atoms with E-state index >= 15 is 0 Å². The highest BCUT2D eigenvalue weighted by atomic mass is 32.1. The summed E-state index contributed by atoms with van der Waals surface area (Å²) >= 11 is 1.71. The molecule has 1 saturated heterocycles. The first-order valence-electron chi connectivity index (χ1n) is 8.23. The fourth-order valence-corrected chi connectivity index (χ4v) is 4.79. The van der Waals surface area contributed by atoms with Crippen molar-refractivity contribution in [2.45, 2.75) is 63.5 Å². The van der Waals surface area contributed by atoms with Crippen LogP contribution >= 0.6 is 11.3 Å². The molecule has 3 unspecified atom stereocenters. The number of hydrogen-bond acceptors (Lipinski definition) is 3. The number of carbonyl (C=O) groups is 2. The van der Waals surface area contributed by atoms with E-state index in [0.29, 0.717) is 18.8 Å². The van der Waals surface area contributed by atoms with E-state index in [1.165, 1.54) is 11.3 Å². The molecular weight excluding hydrogens is 298 g/mol. The summed E-state index contributed by atoms with van der Waals surface area (Å²) < 4.78 is 0. The largest absolute Gasteiger partial charge is 0.480 e. The van der Waals surface area contributed by atoms with Crippen LogP contribution in [0, 0.1) is 5.92 Å². The van der Waals surface area contributed by atoms with Crippen molar-refractivity contribution in [3.05, 3.63) is 22.4 Å². The smallest absolute Gasteiger partial charge is 0.326 e. The molecule has 1 saturated carbocycles. The van der Waals surface area contributed by atoms with Gasteiger partial charge in [-0.2, -0.15) is 0 Å². The molecule has 1 aromatic heterocycles. The number of nitrogens with zero attached hydrogens (tertiary/aromatic N) is 1. The van der Waals surface area contributed by atoms with Crippen LogP contribution in [0.2, 0.25) is 0 Å². The van der Waals surface area contributed by atoms with Gasteiger partial charge in [-0.1, -0.05) is 18.9 Å². The Labute approximate surface area is 135 Å². The van der Waals surface area contributed by atoms with Crippen molar-refractivity contribution in [2.75, 3.05) is 0 Å². The van der Waals surface area contributed by atoms with Crippen molar-refractivity contribution in [3.8, 4) is 0 Å². The maximum absolute atomic E-state index is 12.6. The number of rotatable bonds is 5. The highest BCUT2D eigenvalue weighted by molar-refractivity contribution is 7.09. The number of carboxylic acid groups (broad SMARTS) is 1. The van der Waals surface area contributed by atoms with Gasteiger partial charge in [-0.3, -0.25) is 4.79 Å². The Morgan fingerprint density at radius 3 is 2.86 bits per heavy atom. The van der Waals surface area contributed by atoms with E-state index in [9.17, 15) is 14.7 Å². The van der Waals surface area contributed by atoms with Crippen LogP contribution in [-0.2, 0) is 16.0 Å². The van der Waals surface area contributed by atoms with Gasteiger partial charge < -0.3 is 10.0 Å². The van der Waals surface area contributed by atoms with Gasteiger partial charge >= 0.3 is 5.97 Å². The fourth-order valence-electron chi connectivity index (χ4n) is 4.04. The second-order valence-electron chi connectivity index (χ2n) is 6.44. The van der Waals surface area contributed by atoms with Crippen LogP contribution in [0.25, 0.3) is 0 Å². The van der Waals surface area contributed by atoms with Crippen LogP contribution < -0.4 is 0 Å². The van der Waals surface area contributed by atoms with Gasteiger partial charge in [-0.15, -0.1) is 11.3 Å². The molecule has 1 aromatic rings. The van der Waals surface area contributed by atoms with Crippen molar-refractivity contribution >= 4 is 23.2 Å². The first-order valence-corrected chi connectivity index (χ1v) is 9.11. The van der Waals surface area contributed by atoms with Crippen LogP contribution in [0.5, 0.6) is 0 Å². The van der Waals surface area contributed by atoms with Crippen molar-refractivity contribution in [1.29, 1.82) is 0 Å². The molecule has 22 heavy (non-hydrogen) atoms. The van der Waals surface area contributed by atoms with Gasteiger partial charge in [-0.25, -0.2) is 4.79 Å². The molecule has 3 rings (SSSR count). The highest BCUT2D eigenvalue weighted by Gasteiger charge is 2.47. The lowest BCUT2D eigenvalue weighted by Gasteiger charge is -2.33.